The fraction of sp³-hybridized carbons (Fsp3) is 0.130. The summed E-state index contributed by atoms with van der Waals surface area (Å²) in [6, 6.07) is 6.70. The molecule has 32 heavy (non-hydrogen) atoms. The quantitative estimate of drug-likeness (QED) is 0.311. The molecule has 4 rings (SSSR count). The predicted molar refractivity (Wildman–Crippen MR) is 111 cm³/mol. The van der Waals surface area contributed by atoms with E-state index in [1.165, 1.54) is 25.6 Å². The van der Waals surface area contributed by atoms with Gasteiger partial charge >= 0.3 is 0 Å². The van der Waals surface area contributed by atoms with Gasteiger partial charge in [0, 0.05) is 23.7 Å². The highest BCUT2D eigenvalue weighted by molar-refractivity contribution is 6.16. The number of benzene rings is 2. The molecular formula is C23H17F4N3O2. The lowest BCUT2D eigenvalue weighted by Crippen LogP contribution is -2.12. The van der Waals surface area contributed by atoms with Gasteiger partial charge in [-0.05, 0) is 48.4 Å². The van der Waals surface area contributed by atoms with Crippen molar-refractivity contribution in [2.24, 2.45) is 0 Å². The van der Waals surface area contributed by atoms with Crippen molar-refractivity contribution in [2.75, 3.05) is 19.0 Å². The van der Waals surface area contributed by atoms with Crippen LogP contribution in [0.5, 0.6) is 5.75 Å². The molecule has 0 spiro atoms. The van der Waals surface area contributed by atoms with Gasteiger partial charge in [-0.25, -0.2) is 22.5 Å². The molecule has 0 saturated carbocycles. The molecule has 9 heteroatoms. The molecule has 0 amide bonds. The topological polar surface area (TPSA) is 67.0 Å². The van der Waals surface area contributed by atoms with Crippen LogP contribution in [0, 0.1) is 23.3 Å². The van der Waals surface area contributed by atoms with Crippen molar-refractivity contribution in [2.45, 2.75) is 6.42 Å². The summed E-state index contributed by atoms with van der Waals surface area (Å²) in [5, 5.41) is 3.06. The van der Waals surface area contributed by atoms with Crippen molar-refractivity contribution in [1.82, 2.24) is 9.97 Å². The average Bonchev–Trinajstić information content (AvgIpc) is 3.20. The molecule has 2 heterocycles. The molecule has 0 saturated heterocycles. The number of nitrogens with one attached hydrogen (secondary N) is 2. The maximum Gasteiger partial charge on any atom is 0.201 e. The fourth-order valence-corrected chi connectivity index (χ4v) is 3.38. The van der Waals surface area contributed by atoms with E-state index in [9.17, 15) is 18.0 Å². The lowest BCUT2D eigenvalue weighted by molar-refractivity contribution is 0.103. The summed E-state index contributed by atoms with van der Waals surface area (Å²) in [7, 11) is 1.43. The number of aromatic amines is 1. The highest BCUT2D eigenvalue weighted by atomic mass is 19.1. The highest BCUT2D eigenvalue weighted by Gasteiger charge is 2.24. The second-order valence-electron chi connectivity index (χ2n) is 7.00. The first-order valence-corrected chi connectivity index (χ1v) is 9.60. The Morgan fingerprint density at radius 3 is 2.66 bits per heavy atom. The summed E-state index contributed by atoms with van der Waals surface area (Å²) in [5.74, 6) is -3.79. The van der Waals surface area contributed by atoms with Crippen molar-refractivity contribution in [3.8, 4) is 5.75 Å². The van der Waals surface area contributed by atoms with Gasteiger partial charge in [-0.3, -0.25) is 4.79 Å². The van der Waals surface area contributed by atoms with Crippen LogP contribution in [0.4, 0.5) is 23.2 Å². The van der Waals surface area contributed by atoms with E-state index in [1.807, 2.05) is 0 Å². The van der Waals surface area contributed by atoms with Crippen LogP contribution in [0.3, 0.4) is 0 Å². The minimum absolute atomic E-state index is 0.0307. The Hall–Kier alpha value is -3.88. The zero-order chi connectivity index (χ0) is 22.8. The number of halogens is 4. The predicted octanol–water partition coefficient (Wildman–Crippen LogP) is 5.01. The number of carbonyl (C=O) groups excluding carboxylic acids is 1. The van der Waals surface area contributed by atoms with Gasteiger partial charge in [-0.15, -0.1) is 0 Å². The van der Waals surface area contributed by atoms with E-state index in [0.29, 0.717) is 16.8 Å². The molecular weight excluding hydrogens is 426 g/mol. The number of anilines is 1. The van der Waals surface area contributed by atoms with Gasteiger partial charge in [0.1, 0.15) is 28.8 Å². The summed E-state index contributed by atoms with van der Waals surface area (Å²) in [6.07, 6.45) is 2.82. The Bertz CT molecular complexity index is 1320. The van der Waals surface area contributed by atoms with Crippen molar-refractivity contribution in [3.05, 3.63) is 88.8 Å². The molecule has 0 aliphatic carbocycles. The lowest BCUT2D eigenvalue weighted by atomic mass is 10.0. The van der Waals surface area contributed by atoms with Crippen molar-refractivity contribution in [1.29, 1.82) is 0 Å². The molecule has 4 aromatic rings. The number of rotatable bonds is 7. The zero-order valence-corrected chi connectivity index (χ0v) is 16.8. The number of aromatic nitrogens is 2. The summed E-state index contributed by atoms with van der Waals surface area (Å²) in [4.78, 5) is 19.9. The maximum atomic E-state index is 15.1. The van der Waals surface area contributed by atoms with Crippen LogP contribution in [0.15, 0.2) is 48.8 Å². The van der Waals surface area contributed by atoms with Gasteiger partial charge in [0.25, 0.3) is 0 Å². The molecule has 0 fully saturated rings. The lowest BCUT2D eigenvalue weighted by Gasteiger charge is -2.12. The molecule has 0 aliphatic heterocycles. The summed E-state index contributed by atoms with van der Waals surface area (Å²) < 4.78 is 61.7. The SMILES string of the molecule is COc1cnc2[nH]cc(C(=O)c3c(F)ccc(NCCc4cc(F)ccc4F)c3F)c2c1. The second-order valence-corrected chi connectivity index (χ2v) is 7.00. The number of nitrogens with zero attached hydrogens (tertiary/aromatic N) is 1. The zero-order valence-electron chi connectivity index (χ0n) is 16.8. The minimum Gasteiger partial charge on any atom is -0.495 e. The highest BCUT2D eigenvalue weighted by Crippen LogP contribution is 2.28. The van der Waals surface area contributed by atoms with Crippen molar-refractivity contribution >= 4 is 22.5 Å². The molecule has 2 N–H and O–H groups in total. The first kappa shape index (κ1) is 21.4. The largest absolute Gasteiger partial charge is 0.495 e. The van der Waals surface area contributed by atoms with Gasteiger partial charge < -0.3 is 15.0 Å². The Kier molecular flexibility index (Phi) is 5.81. The first-order chi connectivity index (χ1) is 15.4. The normalized spacial score (nSPS) is 11.0. The molecule has 0 unspecified atom stereocenters. The fourth-order valence-electron chi connectivity index (χ4n) is 3.38. The number of fused-ring (bicyclic) bond motifs is 1. The van der Waals surface area contributed by atoms with E-state index >= 15 is 4.39 Å². The monoisotopic (exact) mass is 443 g/mol. The van der Waals surface area contributed by atoms with Crippen LogP contribution in [-0.2, 0) is 6.42 Å². The first-order valence-electron chi connectivity index (χ1n) is 9.60. The number of hydrogen-bond acceptors (Lipinski definition) is 4. The minimum atomic E-state index is -1.08. The van der Waals surface area contributed by atoms with Gasteiger partial charge in [-0.2, -0.15) is 0 Å². The van der Waals surface area contributed by atoms with Crippen LogP contribution < -0.4 is 10.1 Å². The van der Waals surface area contributed by atoms with Gasteiger partial charge in [0.2, 0.25) is 5.78 Å². The van der Waals surface area contributed by atoms with E-state index in [4.69, 9.17) is 4.74 Å². The number of carbonyl (C=O) groups is 1. The summed E-state index contributed by atoms with van der Waals surface area (Å²) >= 11 is 0. The molecule has 5 nitrogen and oxygen atoms in total. The number of hydrogen-bond donors (Lipinski definition) is 2. The Labute approximate surface area is 180 Å². The molecule has 0 atom stereocenters. The number of H-pyrrole nitrogens is 1. The Balaban J connectivity index is 1.61. The van der Waals surface area contributed by atoms with Crippen LogP contribution in [0.2, 0.25) is 0 Å². The third-order valence-electron chi connectivity index (χ3n) is 5.02. The molecule has 0 bridgehead atoms. The Morgan fingerprint density at radius 1 is 1.09 bits per heavy atom. The van der Waals surface area contributed by atoms with Gasteiger partial charge in [0.05, 0.1) is 24.6 Å². The van der Waals surface area contributed by atoms with Crippen LogP contribution in [0.1, 0.15) is 21.5 Å². The molecule has 0 aliphatic rings. The van der Waals surface area contributed by atoms with Crippen molar-refractivity contribution in [3.63, 3.8) is 0 Å². The number of pyridine rings is 1. The third-order valence-corrected chi connectivity index (χ3v) is 5.02. The molecule has 164 valence electrons. The summed E-state index contributed by atoms with van der Waals surface area (Å²) in [6.45, 7) is 0.0325. The molecule has 0 radical (unpaired) electrons. The standard InChI is InChI=1S/C23H17F4N3O2/c1-32-14-9-15-16(11-30-23(15)29-10-14)22(31)20-18(26)4-5-19(21(20)27)28-7-6-12-8-13(24)2-3-17(12)25/h2-5,8-11,28H,6-7H2,1H3,(H,29,30). The van der Waals surface area contributed by atoms with E-state index in [-0.39, 0.29) is 29.8 Å². The van der Waals surface area contributed by atoms with Crippen LogP contribution in [-0.4, -0.2) is 29.4 Å². The van der Waals surface area contributed by atoms with E-state index in [2.05, 4.69) is 15.3 Å². The van der Waals surface area contributed by atoms with E-state index in [0.717, 1.165) is 30.3 Å². The van der Waals surface area contributed by atoms with Gasteiger partial charge in [0.15, 0.2) is 5.82 Å². The van der Waals surface area contributed by atoms with E-state index in [1.54, 1.807) is 0 Å². The van der Waals surface area contributed by atoms with Gasteiger partial charge in [-0.1, -0.05) is 0 Å². The molecule has 2 aromatic heterocycles. The third kappa shape index (κ3) is 4.01. The maximum absolute atomic E-state index is 15.1. The molecule has 2 aromatic carbocycles. The summed E-state index contributed by atoms with van der Waals surface area (Å²) in [5.41, 5.74) is -0.376. The Morgan fingerprint density at radius 2 is 1.88 bits per heavy atom. The van der Waals surface area contributed by atoms with Crippen molar-refractivity contribution < 1.29 is 27.1 Å². The number of ketones is 1. The smallest absolute Gasteiger partial charge is 0.201 e. The number of methoxy groups -OCH3 is 1. The van der Waals surface area contributed by atoms with Crippen LogP contribution >= 0.6 is 0 Å². The van der Waals surface area contributed by atoms with Crippen LogP contribution in [0.25, 0.3) is 11.0 Å². The van der Waals surface area contributed by atoms with E-state index < -0.39 is 34.6 Å². The number of ether oxygens (including phenoxy) is 1. The average molecular weight is 443 g/mol. The second kappa shape index (κ2) is 8.70.